The van der Waals surface area contributed by atoms with Gasteiger partial charge in [-0.15, -0.1) is 0 Å². The van der Waals surface area contributed by atoms with Crippen LogP contribution in [0.5, 0.6) is 0 Å². The van der Waals surface area contributed by atoms with Crippen LogP contribution in [0.1, 0.15) is 72.9 Å². The monoisotopic (exact) mass is 536 g/mol. The zero-order valence-corrected chi connectivity index (χ0v) is 22.3. The predicted molar refractivity (Wildman–Crippen MR) is 142 cm³/mol. The van der Waals surface area contributed by atoms with Crippen molar-refractivity contribution in [1.29, 1.82) is 0 Å². The van der Waals surface area contributed by atoms with Gasteiger partial charge in [0.1, 0.15) is 22.7 Å². The number of fused-ring (bicyclic) bond motifs is 1. The molecule has 2 aromatic heterocycles. The molecule has 1 aromatic carbocycles. The first-order valence-corrected chi connectivity index (χ1v) is 13.0. The van der Waals surface area contributed by atoms with E-state index in [0.717, 1.165) is 18.5 Å². The van der Waals surface area contributed by atoms with Gasteiger partial charge < -0.3 is 20.1 Å². The summed E-state index contributed by atoms with van der Waals surface area (Å²) in [5.41, 5.74) is 0.770. The third-order valence-electron chi connectivity index (χ3n) is 7.62. The third kappa shape index (κ3) is 5.32. The lowest BCUT2D eigenvalue weighted by molar-refractivity contribution is 0.0738. The van der Waals surface area contributed by atoms with Gasteiger partial charge in [0.15, 0.2) is 0 Å². The largest absolute Gasteiger partial charge is 0.384 e. The molecule has 0 radical (unpaired) electrons. The van der Waals surface area contributed by atoms with Gasteiger partial charge in [-0.3, -0.25) is 9.78 Å². The Hall–Kier alpha value is -3.25. The summed E-state index contributed by atoms with van der Waals surface area (Å²) in [5, 5.41) is 24.0. The summed E-state index contributed by atoms with van der Waals surface area (Å²) < 4.78 is 15.2. The molecule has 3 N–H and O–H groups in total. The van der Waals surface area contributed by atoms with Crippen LogP contribution < -0.4 is 5.32 Å². The van der Waals surface area contributed by atoms with Crippen LogP contribution in [0.4, 0.5) is 10.1 Å². The summed E-state index contributed by atoms with van der Waals surface area (Å²) in [6.07, 6.45) is 6.02. The molecule has 9 heteroatoms. The Balaban J connectivity index is 1.26. The molecule has 2 atom stereocenters. The molecule has 7 nitrogen and oxygen atoms in total. The first-order chi connectivity index (χ1) is 17.9. The number of hydrogen-bond donors (Lipinski definition) is 3. The molecule has 0 saturated heterocycles. The van der Waals surface area contributed by atoms with Crippen LogP contribution in [-0.4, -0.2) is 36.3 Å². The Morgan fingerprint density at radius 3 is 2.53 bits per heavy atom. The number of imidazole rings is 1. The summed E-state index contributed by atoms with van der Waals surface area (Å²) in [6, 6.07) is 7.61. The minimum atomic E-state index is -1.07. The normalized spacial score (nSPS) is 24.6. The maximum Gasteiger partial charge on any atom is 0.274 e. The molecule has 0 bridgehead atoms. The van der Waals surface area contributed by atoms with Crippen molar-refractivity contribution in [2.45, 2.75) is 56.7 Å². The highest BCUT2D eigenvalue weighted by Gasteiger charge is 2.49. The van der Waals surface area contributed by atoms with Crippen LogP contribution in [0.25, 0.3) is 0 Å². The van der Waals surface area contributed by atoms with Gasteiger partial charge in [-0.1, -0.05) is 23.4 Å². The van der Waals surface area contributed by atoms with Crippen LogP contribution in [0.15, 0.2) is 42.9 Å². The van der Waals surface area contributed by atoms with Gasteiger partial charge in [0, 0.05) is 30.4 Å². The van der Waals surface area contributed by atoms with Crippen molar-refractivity contribution in [2.24, 2.45) is 18.9 Å². The van der Waals surface area contributed by atoms with Crippen LogP contribution in [0.2, 0.25) is 5.02 Å². The van der Waals surface area contributed by atoms with Gasteiger partial charge in [-0.25, -0.2) is 9.37 Å². The number of benzene rings is 1. The molecule has 2 unspecified atom stereocenters. The fourth-order valence-electron chi connectivity index (χ4n) is 5.79. The number of aryl methyl sites for hydroxylation is 1. The van der Waals surface area contributed by atoms with Crippen molar-refractivity contribution in [1.82, 2.24) is 14.5 Å². The fraction of sp³-hybridized carbons (Fsp3) is 0.414. The number of carbonyl (C=O) groups excluding carboxylic acids is 1. The Morgan fingerprint density at radius 1 is 1.21 bits per heavy atom. The molecule has 2 fully saturated rings. The lowest BCUT2D eigenvalue weighted by atomic mass is 9.92. The van der Waals surface area contributed by atoms with Crippen molar-refractivity contribution in [3.63, 3.8) is 0 Å². The van der Waals surface area contributed by atoms with E-state index >= 15 is 0 Å². The molecular weight excluding hydrogens is 507 g/mol. The lowest BCUT2D eigenvalue weighted by Crippen LogP contribution is -2.24. The average Bonchev–Trinajstić information content (AvgIpc) is 3.51. The molecule has 5 rings (SSSR count). The van der Waals surface area contributed by atoms with E-state index in [1.54, 1.807) is 50.1 Å². The molecule has 2 aliphatic rings. The van der Waals surface area contributed by atoms with E-state index in [2.05, 4.69) is 27.1 Å². The minimum Gasteiger partial charge on any atom is -0.384 e. The summed E-state index contributed by atoms with van der Waals surface area (Å²) >= 11 is 5.86. The van der Waals surface area contributed by atoms with Gasteiger partial charge in [-0.2, -0.15) is 0 Å². The van der Waals surface area contributed by atoms with Crippen LogP contribution in [-0.2, 0) is 12.6 Å². The molecule has 3 aromatic rings. The topological polar surface area (TPSA) is 100 Å². The lowest BCUT2D eigenvalue weighted by Gasteiger charge is -2.19. The van der Waals surface area contributed by atoms with Gasteiger partial charge in [0.05, 0.1) is 22.7 Å². The molecule has 2 heterocycles. The maximum atomic E-state index is 13.5. The first-order valence-electron chi connectivity index (χ1n) is 12.6. The number of anilines is 1. The summed E-state index contributed by atoms with van der Waals surface area (Å²) in [6.45, 7) is 3.35. The van der Waals surface area contributed by atoms with Crippen LogP contribution >= 0.6 is 11.6 Å². The Kier molecular flexibility index (Phi) is 6.80. The molecule has 0 spiro atoms. The second-order valence-electron chi connectivity index (χ2n) is 11.0. The van der Waals surface area contributed by atoms with E-state index in [-0.39, 0.29) is 28.7 Å². The number of amides is 1. The standard InChI is InChI=1S/C29H30ClFN4O3/c1-28(2,37)24-7-4-17(15-32-24)8-9-29(38)13-19-10-18(11-20(19)14-29)25-26(35(3)16-33-25)27(36)34-21-5-6-23(31)22(30)12-21/h4-7,12,15-16,18-20,37-38H,10-11,13-14H2,1-3H3,(H,34,36). The van der Waals surface area contributed by atoms with Crippen molar-refractivity contribution in [2.75, 3.05) is 5.32 Å². The van der Waals surface area contributed by atoms with Gasteiger partial charge in [0.25, 0.3) is 5.91 Å². The highest BCUT2D eigenvalue weighted by molar-refractivity contribution is 6.31. The number of pyridine rings is 1. The second-order valence-corrected chi connectivity index (χ2v) is 11.4. The zero-order valence-electron chi connectivity index (χ0n) is 21.5. The second kappa shape index (κ2) is 9.81. The Labute approximate surface area is 226 Å². The molecular formula is C29H30ClFN4O3. The van der Waals surface area contributed by atoms with Gasteiger partial charge in [0.2, 0.25) is 0 Å². The first kappa shape index (κ1) is 26.4. The summed E-state index contributed by atoms with van der Waals surface area (Å²) in [5.74, 6) is 5.90. The highest BCUT2D eigenvalue weighted by atomic mass is 35.5. The zero-order chi connectivity index (χ0) is 27.2. The van der Waals surface area contributed by atoms with Crippen LogP contribution in [0.3, 0.4) is 0 Å². The van der Waals surface area contributed by atoms with E-state index < -0.39 is 17.0 Å². The minimum absolute atomic E-state index is 0.0605. The Morgan fingerprint density at radius 2 is 1.92 bits per heavy atom. The van der Waals surface area contributed by atoms with Crippen molar-refractivity contribution in [3.05, 3.63) is 76.3 Å². The number of halogens is 2. The maximum absolute atomic E-state index is 13.5. The number of nitrogens with zero attached hydrogens (tertiary/aromatic N) is 3. The fourth-order valence-corrected chi connectivity index (χ4v) is 5.97. The molecule has 0 aliphatic heterocycles. The molecule has 198 valence electrons. The number of aromatic nitrogens is 3. The average molecular weight is 537 g/mol. The summed E-state index contributed by atoms with van der Waals surface area (Å²) in [7, 11) is 1.77. The number of aliphatic hydroxyl groups is 2. The van der Waals surface area contributed by atoms with Crippen LogP contribution in [0, 0.1) is 29.5 Å². The quantitative estimate of drug-likeness (QED) is 0.417. The van der Waals surface area contributed by atoms with E-state index in [9.17, 15) is 19.4 Å². The molecule has 1 amide bonds. The number of nitrogens with one attached hydrogen (secondary N) is 1. The smallest absolute Gasteiger partial charge is 0.274 e. The van der Waals surface area contributed by atoms with E-state index in [1.807, 2.05) is 0 Å². The number of rotatable bonds is 4. The van der Waals surface area contributed by atoms with Crippen molar-refractivity contribution >= 4 is 23.2 Å². The summed E-state index contributed by atoms with van der Waals surface area (Å²) in [4.78, 5) is 22.0. The van der Waals surface area contributed by atoms with Crippen molar-refractivity contribution < 1.29 is 19.4 Å². The van der Waals surface area contributed by atoms with Gasteiger partial charge >= 0.3 is 0 Å². The highest BCUT2D eigenvalue weighted by Crippen LogP contribution is 2.53. The van der Waals surface area contributed by atoms with E-state index in [4.69, 9.17) is 11.6 Å². The molecule has 2 saturated carbocycles. The number of hydrogen-bond acceptors (Lipinski definition) is 5. The third-order valence-corrected chi connectivity index (χ3v) is 7.91. The molecule has 38 heavy (non-hydrogen) atoms. The van der Waals surface area contributed by atoms with E-state index in [1.165, 1.54) is 18.2 Å². The van der Waals surface area contributed by atoms with Crippen molar-refractivity contribution in [3.8, 4) is 11.8 Å². The SMILES string of the molecule is Cn1cnc(C2CC3CC(O)(C#Cc4ccc(C(C)(C)O)nc4)CC3C2)c1C(=O)Nc1ccc(F)c(Cl)c1. The Bertz CT molecular complexity index is 1420. The predicted octanol–water partition coefficient (Wildman–Crippen LogP) is 4.77. The number of carbonyl (C=O) groups is 1. The van der Waals surface area contributed by atoms with E-state index in [0.29, 0.717) is 35.5 Å². The molecule has 2 aliphatic carbocycles. The van der Waals surface area contributed by atoms with Gasteiger partial charge in [-0.05, 0) is 81.7 Å².